The van der Waals surface area contributed by atoms with Gasteiger partial charge in [0.2, 0.25) is 11.8 Å². The zero-order chi connectivity index (χ0) is 15.0. The van der Waals surface area contributed by atoms with Gasteiger partial charge in [0.05, 0.1) is 18.5 Å². The van der Waals surface area contributed by atoms with Gasteiger partial charge in [0, 0.05) is 18.7 Å². The molecule has 0 bridgehead atoms. The van der Waals surface area contributed by atoms with Gasteiger partial charge in [0.15, 0.2) is 5.69 Å². The van der Waals surface area contributed by atoms with Crippen LogP contribution in [-0.2, 0) is 16.1 Å². The summed E-state index contributed by atoms with van der Waals surface area (Å²) >= 11 is 1.30. The number of carboxylic acid groups (broad SMARTS) is 1. The number of rotatable bonds is 9. The van der Waals surface area contributed by atoms with Crippen LogP contribution < -0.4 is 11.1 Å². The molecule has 10 heteroatoms. The Morgan fingerprint density at radius 3 is 2.80 bits per heavy atom. The van der Waals surface area contributed by atoms with Gasteiger partial charge in [-0.25, -0.2) is 9.48 Å². The second kappa shape index (κ2) is 8.15. The number of nitrogens with zero attached hydrogens (tertiary/aromatic N) is 3. The molecule has 0 spiro atoms. The Balaban J connectivity index is 2.15. The molecule has 0 aliphatic heterocycles. The molecule has 0 radical (unpaired) electrons. The molecule has 1 aromatic rings. The second-order valence-electron chi connectivity index (χ2n) is 3.79. The summed E-state index contributed by atoms with van der Waals surface area (Å²) in [5, 5.41) is 18.4. The topological polar surface area (TPSA) is 140 Å². The maximum Gasteiger partial charge on any atom is 0.358 e. The number of thioether (sulfide) groups is 1. The molecular weight excluding hydrogens is 286 g/mol. The van der Waals surface area contributed by atoms with E-state index in [-0.39, 0.29) is 23.8 Å². The van der Waals surface area contributed by atoms with Gasteiger partial charge < -0.3 is 16.2 Å². The molecule has 2 amide bonds. The van der Waals surface area contributed by atoms with Gasteiger partial charge in [-0.05, 0) is 0 Å². The predicted octanol–water partition coefficient (Wildman–Crippen LogP) is -1.30. The van der Waals surface area contributed by atoms with Crippen molar-refractivity contribution in [1.29, 1.82) is 0 Å². The van der Waals surface area contributed by atoms with Crippen LogP contribution in [0.5, 0.6) is 0 Å². The largest absolute Gasteiger partial charge is 0.476 e. The van der Waals surface area contributed by atoms with Crippen molar-refractivity contribution >= 4 is 29.5 Å². The minimum absolute atomic E-state index is 0.140. The molecule has 9 nitrogen and oxygen atoms in total. The SMILES string of the molecule is NC(=O)CSCCC(=O)NCCn1cc(C(=O)O)nn1. The van der Waals surface area contributed by atoms with Crippen molar-refractivity contribution in [3.05, 3.63) is 11.9 Å². The number of nitrogens with one attached hydrogen (secondary N) is 1. The lowest BCUT2D eigenvalue weighted by atomic mass is 10.4. The lowest BCUT2D eigenvalue weighted by Crippen LogP contribution is -2.27. The number of amides is 2. The number of primary amides is 1. The number of nitrogens with two attached hydrogens (primary N) is 1. The van der Waals surface area contributed by atoms with Gasteiger partial charge in [0.25, 0.3) is 0 Å². The Bertz CT molecular complexity index is 490. The van der Waals surface area contributed by atoms with Gasteiger partial charge in [-0.3, -0.25) is 9.59 Å². The standard InChI is InChI=1S/C10H15N5O4S/c11-8(16)6-20-4-1-9(17)12-2-3-15-5-7(10(18)19)13-14-15/h5H,1-4,6H2,(H2,11,16)(H,12,17)(H,18,19). The lowest BCUT2D eigenvalue weighted by molar-refractivity contribution is -0.120. The third kappa shape index (κ3) is 6.18. The van der Waals surface area contributed by atoms with Crippen molar-refractivity contribution < 1.29 is 19.5 Å². The fraction of sp³-hybridized carbons (Fsp3) is 0.500. The van der Waals surface area contributed by atoms with Gasteiger partial charge in [-0.1, -0.05) is 5.21 Å². The monoisotopic (exact) mass is 301 g/mol. The van der Waals surface area contributed by atoms with E-state index in [1.807, 2.05) is 0 Å². The molecule has 0 aliphatic rings. The van der Waals surface area contributed by atoms with Crippen LogP contribution in [0, 0.1) is 0 Å². The summed E-state index contributed by atoms with van der Waals surface area (Å²) < 4.78 is 1.34. The first-order valence-electron chi connectivity index (χ1n) is 5.75. The Morgan fingerprint density at radius 2 is 2.20 bits per heavy atom. The van der Waals surface area contributed by atoms with Crippen LogP contribution in [0.2, 0.25) is 0 Å². The molecule has 1 heterocycles. The average Bonchev–Trinajstić information content (AvgIpc) is 2.83. The van der Waals surface area contributed by atoms with E-state index in [4.69, 9.17) is 10.8 Å². The zero-order valence-electron chi connectivity index (χ0n) is 10.6. The number of aromatic nitrogens is 3. The van der Waals surface area contributed by atoms with Crippen molar-refractivity contribution in [3.63, 3.8) is 0 Å². The first-order valence-corrected chi connectivity index (χ1v) is 6.90. The maximum atomic E-state index is 11.4. The van der Waals surface area contributed by atoms with E-state index < -0.39 is 11.9 Å². The number of hydrogen-bond acceptors (Lipinski definition) is 6. The van der Waals surface area contributed by atoms with E-state index in [0.29, 0.717) is 18.8 Å². The van der Waals surface area contributed by atoms with Crippen LogP contribution in [0.25, 0.3) is 0 Å². The van der Waals surface area contributed by atoms with Crippen LogP contribution >= 0.6 is 11.8 Å². The molecule has 0 atom stereocenters. The molecule has 0 aromatic carbocycles. The Labute approximate surface area is 118 Å². The van der Waals surface area contributed by atoms with Crippen LogP contribution in [0.1, 0.15) is 16.9 Å². The normalized spacial score (nSPS) is 10.2. The Kier molecular flexibility index (Phi) is 6.50. The third-order valence-electron chi connectivity index (χ3n) is 2.14. The third-order valence-corrected chi connectivity index (χ3v) is 3.12. The van der Waals surface area contributed by atoms with Gasteiger partial charge in [-0.15, -0.1) is 5.10 Å². The number of hydrogen-bond donors (Lipinski definition) is 3. The minimum Gasteiger partial charge on any atom is -0.476 e. The Hall–Kier alpha value is -2.10. The van der Waals surface area contributed by atoms with E-state index in [9.17, 15) is 14.4 Å². The smallest absolute Gasteiger partial charge is 0.358 e. The summed E-state index contributed by atoms with van der Waals surface area (Å²) in [7, 11) is 0. The number of carboxylic acids is 1. The molecular formula is C10H15N5O4S. The molecule has 1 rings (SSSR count). The van der Waals surface area contributed by atoms with Gasteiger partial charge in [-0.2, -0.15) is 11.8 Å². The molecule has 1 aromatic heterocycles. The minimum atomic E-state index is -1.15. The highest BCUT2D eigenvalue weighted by atomic mass is 32.2. The molecule has 110 valence electrons. The molecule has 20 heavy (non-hydrogen) atoms. The Morgan fingerprint density at radius 1 is 1.45 bits per heavy atom. The van der Waals surface area contributed by atoms with Crippen molar-refractivity contribution in [2.45, 2.75) is 13.0 Å². The molecule has 0 unspecified atom stereocenters. The van der Waals surface area contributed by atoms with Crippen LogP contribution in [0.4, 0.5) is 0 Å². The lowest BCUT2D eigenvalue weighted by Gasteiger charge is -2.04. The van der Waals surface area contributed by atoms with Crippen molar-refractivity contribution in [1.82, 2.24) is 20.3 Å². The second-order valence-corrected chi connectivity index (χ2v) is 4.90. The fourth-order valence-electron chi connectivity index (χ4n) is 1.24. The van der Waals surface area contributed by atoms with E-state index in [1.165, 1.54) is 22.6 Å². The maximum absolute atomic E-state index is 11.4. The van der Waals surface area contributed by atoms with Crippen LogP contribution in [0.15, 0.2) is 6.20 Å². The van der Waals surface area contributed by atoms with Crippen molar-refractivity contribution in [3.8, 4) is 0 Å². The number of carbonyl (C=O) groups excluding carboxylic acids is 2. The highest BCUT2D eigenvalue weighted by molar-refractivity contribution is 7.99. The fourth-order valence-corrected chi connectivity index (χ4v) is 1.92. The molecule has 0 fully saturated rings. The quantitative estimate of drug-likeness (QED) is 0.481. The summed E-state index contributed by atoms with van der Waals surface area (Å²) in [6.45, 7) is 0.655. The highest BCUT2D eigenvalue weighted by Crippen LogP contribution is 2.00. The molecule has 4 N–H and O–H groups in total. The zero-order valence-corrected chi connectivity index (χ0v) is 11.4. The van der Waals surface area contributed by atoms with Gasteiger partial charge in [0.1, 0.15) is 0 Å². The van der Waals surface area contributed by atoms with E-state index in [1.54, 1.807) is 0 Å². The summed E-state index contributed by atoms with van der Waals surface area (Å²) in [5.74, 6) is -0.992. The van der Waals surface area contributed by atoms with Crippen LogP contribution in [0.3, 0.4) is 0 Å². The van der Waals surface area contributed by atoms with Crippen LogP contribution in [-0.4, -0.2) is 55.9 Å². The summed E-state index contributed by atoms with van der Waals surface area (Å²) in [5.41, 5.74) is 4.82. The molecule has 0 saturated heterocycles. The summed E-state index contributed by atoms with van der Waals surface area (Å²) in [6, 6.07) is 0. The average molecular weight is 301 g/mol. The number of aromatic carboxylic acids is 1. The van der Waals surface area contributed by atoms with Crippen molar-refractivity contribution in [2.75, 3.05) is 18.1 Å². The predicted molar refractivity (Wildman–Crippen MR) is 71.1 cm³/mol. The first-order chi connectivity index (χ1) is 9.49. The van der Waals surface area contributed by atoms with Crippen molar-refractivity contribution in [2.24, 2.45) is 5.73 Å². The van der Waals surface area contributed by atoms with E-state index in [2.05, 4.69) is 15.6 Å². The van der Waals surface area contributed by atoms with Gasteiger partial charge >= 0.3 is 5.97 Å². The molecule has 0 saturated carbocycles. The van der Waals surface area contributed by atoms with E-state index >= 15 is 0 Å². The number of carbonyl (C=O) groups is 3. The molecule has 0 aliphatic carbocycles. The van der Waals surface area contributed by atoms with E-state index in [0.717, 1.165) is 0 Å². The summed E-state index contributed by atoms with van der Waals surface area (Å²) in [4.78, 5) is 32.4. The first kappa shape index (κ1) is 16.0. The highest BCUT2D eigenvalue weighted by Gasteiger charge is 2.08. The summed E-state index contributed by atoms with van der Waals surface area (Å²) in [6.07, 6.45) is 1.58.